The van der Waals surface area contributed by atoms with E-state index in [1.165, 1.54) is 0 Å². The highest BCUT2D eigenvalue weighted by Gasteiger charge is 2.34. The van der Waals surface area contributed by atoms with Gasteiger partial charge in [0, 0.05) is 38.6 Å². The molecule has 0 saturated heterocycles. The smallest absolute Gasteiger partial charge is 0.207 e. The van der Waals surface area contributed by atoms with Crippen LogP contribution in [0, 0.1) is 0 Å². The van der Waals surface area contributed by atoms with E-state index in [1.807, 2.05) is 127 Å². The van der Waals surface area contributed by atoms with E-state index in [9.17, 15) is 8.42 Å². The van der Waals surface area contributed by atoms with E-state index in [1.54, 1.807) is 12.1 Å². The third-order valence-corrected chi connectivity index (χ3v) is 10.3. The van der Waals surface area contributed by atoms with Crippen LogP contribution in [-0.4, -0.2) is 23.4 Å². The van der Waals surface area contributed by atoms with Gasteiger partial charge in [0.05, 0.1) is 9.79 Å². The van der Waals surface area contributed by atoms with Gasteiger partial charge in [-0.1, -0.05) is 115 Å². The normalized spacial score (nSPS) is 13.1. The van der Waals surface area contributed by atoms with Crippen molar-refractivity contribution in [2.75, 3.05) is 0 Å². The largest absolute Gasteiger partial charge is 0.456 e. The molecule has 0 saturated carbocycles. The first-order valence-corrected chi connectivity index (χ1v) is 16.3. The summed E-state index contributed by atoms with van der Waals surface area (Å²) in [6.07, 6.45) is 0. The predicted molar refractivity (Wildman–Crippen MR) is 180 cm³/mol. The average molecular weight is 614 g/mol. The van der Waals surface area contributed by atoms with Crippen molar-refractivity contribution < 1.29 is 12.8 Å². The molecule has 0 aliphatic carbocycles. The fourth-order valence-electron chi connectivity index (χ4n) is 6.31. The summed E-state index contributed by atoms with van der Waals surface area (Å²) in [5, 5.41) is 1.96. The van der Waals surface area contributed by atoms with Gasteiger partial charge in [-0.25, -0.2) is 23.4 Å². The van der Waals surface area contributed by atoms with Gasteiger partial charge in [-0.05, 0) is 35.4 Å². The Hall–Kier alpha value is -5.92. The molecular formula is C39H23N3O3S. The Labute approximate surface area is 264 Å². The third kappa shape index (κ3) is 4.09. The molecule has 0 radical (unpaired) electrons. The van der Waals surface area contributed by atoms with E-state index in [0.29, 0.717) is 34.2 Å². The highest BCUT2D eigenvalue weighted by atomic mass is 32.2. The Morgan fingerprint density at radius 1 is 0.435 bits per heavy atom. The summed E-state index contributed by atoms with van der Waals surface area (Å²) in [5.41, 5.74) is 6.92. The fourth-order valence-corrected chi connectivity index (χ4v) is 8.05. The van der Waals surface area contributed by atoms with Crippen molar-refractivity contribution >= 4 is 31.8 Å². The number of rotatable bonds is 4. The van der Waals surface area contributed by atoms with Gasteiger partial charge in [0.15, 0.2) is 17.5 Å². The number of hydrogen-bond donors (Lipinski definition) is 0. The fraction of sp³-hybridized carbons (Fsp3) is 0. The molecule has 2 aromatic heterocycles. The topological polar surface area (TPSA) is 86.0 Å². The summed E-state index contributed by atoms with van der Waals surface area (Å²) in [5.74, 6) is 1.43. The number of para-hydroxylation sites is 1. The summed E-state index contributed by atoms with van der Waals surface area (Å²) in [6.45, 7) is 0. The molecule has 46 heavy (non-hydrogen) atoms. The maximum absolute atomic E-state index is 14.2. The molecule has 218 valence electrons. The Morgan fingerprint density at radius 2 is 0.957 bits per heavy atom. The van der Waals surface area contributed by atoms with E-state index in [4.69, 9.17) is 19.4 Å². The van der Waals surface area contributed by atoms with E-state index in [-0.39, 0.29) is 9.79 Å². The first kappa shape index (κ1) is 26.5. The average Bonchev–Trinajstić information content (AvgIpc) is 3.60. The molecule has 0 spiro atoms. The van der Waals surface area contributed by atoms with Crippen molar-refractivity contribution in [2.24, 2.45) is 0 Å². The SMILES string of the molecule is O=S1(=O)c2cc(-c3nc(-c4ccccc4)nc(-c4ccccc4)n3)ccc2-c2ccc(-c3cccc4oc5ccccc5c34)cc21. The second kappa shape index (κ2) is 10.1. The van der Waals surface area contributed by atoms with Gasteiger partial charge in [0.1, 0.15) is 11.2 Å². The third-order valence-electron chi connectivity index (χ3n) is 8.50. The summed E-state index contributed by atoms with van der Waals surface area (Å²) >= 11 is 0. The van der Waals surface area contributed by atoms with E-state index >= 15 is 0 Å². The molecule has 6 aromatic carbocycles. The Morgan fingerprint density at radius 3 is 1.61 bits per heavy atom. The van der Waals surface area contributed by atoms with E-state index in [2.05, 4.69) is 0 Å². The Kier molecular flexibility index (Phi) is 5.79. The van der Waals surface area contributed by atoms with Crippen LogP contribution in [0.3, 0.4) is 0 Å². The lowest BCUT2D eigenvalue weighted by Crippen LogP contribution is -2.01. The number of sulfone groups is 1. The predicted octanol–water partition coefficient (Wildman–Crippen LogP) is 9.25. The Balaban J connectivity index is 1.17. The van der Waals surface area contributed by atoms with Crippen molar-refractivity contribution in [1.82, 2.24) is 15.0 Å². The van der Waals surface area contributed by atoms with Crippen LogP contribution in [-0.2, 0) is 9.84 Å². The van der Waals surface area contributed by atoms with Gasteiger partial charge in [-0.3, -0.25) is 0 Å². The van der Waals surface area contributed by atoms with Gasteiger partial charge < -0.3 is 4.42 Å². The van der Waals surface area contributed by atoms with Crippen molar-refractivity contribution in [3.63, 3.8) is 0 Å². The first-order valence-electron chi connectivity index (χ1n) is 14.9. The lowest BCUT2D eigenvalue weighted by molar-refractivity contribution is 0.598. The van der Waals surface area contributed by atoms with Crippen molar-refractivity contribution in [3.8, 4) is 56.4 Å². The molecule has 3 heterocycles. The molecule has 0 amide bonds. The first-order chi connectivity index (χ1) is 22.5. The quantitative estimate of drug-likeness (QED) is 0.197. The lowest BCUT2D eigenvalue weighted by Gasteiger charge is -2.09. The standard InChI is InChI=1S/C39H23N3O3S/c43-46(44)34-22-26(28-15-9-17-33-36(28)31-14-7-8-16-32(31)45-33)18-20-29(34)30-21-19-27(23-35(30)46)39-41-37(24-10-3-1-4-11-24)40-38(42-39)25-12-5-2-6-13-25/h1-23H. The molecule has 0 bridgehead atoms. The number of fused-ring (bicyclic) bond motifs is 6. The zero-order valence-corrected chi connectivity index (χ0v) is 25.1. The van der Waals surface area contributed by atoms with Gasteiger partial charge in [-0.15, -0.1) is 0 Å². The van der Waals surface area contributed by atoms with Crippen molar-refractivity contribution in [2.45, 2.75) is 9.79 Å². The van der Waals surface area contributed by atoms with Crippen LogP contribution in [0.5, 0.6) is 0 Å². The minimum absolute atomic E-state index is 0.243. The molecule has 0 atom stereocenters. The van der Waals surface area contributed by atoms with Gasteiger partial charge in [0.25, 0.3) is 0 Å². The van der Waals surface area contributed by atoms with Crippen LogP contribution in [0.1, 0.15) is 0 Å². The number of benzene rings is 6. The number of nitrogens with zero attached hydrogens (tertiary/aromatic N) is 3. The molecule has 8 aromatic rings. The summed E-state index contributed by atoms with van der Waals surface area (Å²) in [4.78, 5) is 14.9. The molecule has 7 heteroatoms. The highest BCUT2D eigenvalue weighted by Crippen LogP contribution is 2.47. The molecule has 9 rings (SSSR count). The minimum Gasteiger partial charge on any atom is -0.456 e. The maximum Gasteiger partial charge on any atom is 0.207 e. The molecular weight excluding hydrogens is 591 g/mol. The monoisotopic (exact) mass is 613 g/mol. The number of furan rings is 1. The van der Waals surface area contributed by atoms with E-state index < -0.39 is 9.84 Å². The second-order valence-corrected chi connectivity index (χ2v) is 13.1. The Bertz CT molecular complexity index is 2540. The minimum atomic E-state index is -3.83. The maximum atomic E-state index is 14.2. The summed E-state index contributed by atoms with van der Waals surface area (Å²) in [6, 6.07) is 44.3. The molecule has 0 fully saturated rings. The number of hydrogen-bond acceptors (Lipinski definition) is 6. The molecule has 1 aliphatic heterocycles. The molecule has 1 aliphatic rings. The zero-order chi connectivity index (χ0) is 30.8. The van der Waals surface area contributed by atoms with E-state index in [0.717, 1.165) is 44.2 Å². The van der Waals surface area contributed by atoms with Crippen LogP contribution in [0.2, 0.25) is 0 Å². The second-order valence-electron chi connectivity index (χ2n) is 11.2. The van der Waals surface area contributed by atoms with Crippen LogP contribution in [0.15, 0.2) is 154 Å². The van der Waals surface area contributed by atoms with Gasteiger partial charge in [-0.2, -0.15) is 0 Å². The molecule has 6 nitrogen and oxygen atoms in total. The highest BCUT2D eigenvalue weighted by molar-refractivity contribution is 7.92. The van der Waals surface area contributed by atoms with Crippen LogP contribution < -0.4 is 0 Å². The summed E-state index contributed by atoms with van der Waals surface area (Å²) < 4.78 is 34.4. The van der Waals surface area contributed by atoms with Crippen LogP contribution in [0.4, 0.5) is 0 Å². The lowest BCUT2D eigenvalue weighted by atomic mass is 9.96. The molecule has 0 unspecified atom stereocenters. The van der Waals surface area contributed by atoms with Crippen molar-refractivity contribution in [3.05, 3.63) is 140 Å². The van der Waals surface area contributed by atoms with Crippen LogP contribution in [0.25, 0.3) is 78.4 Å². The zero-order valence-electron chi connectivity index (χ0n) is 24.3. The summed E-state index contributed by atoms with van der Waals surface area (Å²) in [7, 11) is -3.83. The van der Waals surface area contributed by atoms with Crippen LogP contribution >= 0.6 is 0 Å². The molecule has 0 N–H and O–H groups in total. The van der Waals surface area contributed by atoms with Gasteiger partial charge in [0.2, 0.25) is 9.84 Å². The van der Waals surface area contributed by atoms with Gasteiger partial charge >= 0.3 is 0 Å². The van der Waals surface area contributed by atoms with Crippen molar-refractivity contribution in [1.29, 1.82) is 0 Å². The number of aromatic nitrogens is 3.